The highest BCUT2D eigenvalue weighted by Crippen LogP contribution is 2.11. The van der Waals surface area contributed by atoms with E-state index >= 15 is 0 Å². The Kier molecular flexibility index (Phi) is 3.18. The third-order valence-electron chi connectivity index (χ3n) is 2.38. The van der Waals surface area contributed by atoms with Gasteiger partial charge >= 0.3 is 0 Å². The quantitative estimate of drug-likeness (QED) is 0.825. The van der Waals surface area contributed by atoms with Crippen molar-refractivity contribution < 1.29 is 9.59 Å². The second-order valence-electron chi connectivity index (χ2n) is 3.81. The summed E-state index contributed by atoms with van der Waals surface area (Å²) >= 11 is 0. The number of nitrogens with one attached hydrogen (secondary N) is 1. The van der Waals surface area contributed by atoms with E-state index in [0.29, 0.717) is 11.3 Å². The molecule has 1 aromatic carbocycles. The number of Topliss-reactive ketones (excluding diaryl/α,β-unsaturated/α-hetero) is 1. The largest absolute Gasteiger partial charge is 0.321 e. The molecule has 0 spiro atoms. The van der Waals surface area contributed by atoms with Crippen molar-refractivity contribution in [3.05, 3.63) is 41.7 Å². The summed E-state index contributed by atoms with van der Waals surface area (Å²) in [5.41, 5.74) is 1.45. The van der Waals surface area contributed by atoms with E-state index in [9.17, 15) is 9.59 Å². The maximum Gasteiger partial charge on any atom is 0.277 e. The molecule has 92 valence electrons. The van der Waals surface area contributed by atoms with Crippen LogP contribution < -0.4 is 5.32 Å². The van der Waals surface area contributed by atoms with Crippen molar-refractivity contribution in [3.8, 4) is 0 Å². The molecular weight excluding hydrogens is 232 g/mol. The number of hydrogen-bond acceptors (Lipinski definition) is 4. The molecule has 18 heavy (non-hydrogen) atoms. The Morgan fingerprint density at radius 1 is 1.22 bits per heavy atom. The number of amides is 1. The standard InChI is InChI=1S/C12H12N4O2/c1-8(17)9-3-5-10(6-4-9)14-12(18)11-7-13-16(2)15-11/h3-7H,1-2H3,(H,14,18). The predicted octanol–water partition coefficient (Wildman–Crippen LogP) is 1.27. The summed E-state index contributed by atoms with van der Waals surface area (Å²) in [7, 11) is 1.64. The van der Waals surface area contributed by atoms with Crippen LogP contribution in [0.15, 0.2) is 30.5 Å². The second kappa shape index (κ2) is 4.79. The molecule has 0 fully saturated rings. The molecule has 1 aromatic heterocycles. The molecule has 0 aliphatic carbocycles. The number of carbonyl (C=O) groups is 2. The Labute approximate surface area is 104 Å². The van der Waals surface area contributed by atoms with Gasteiger partial charge in [0.25, 0.3) is 5.91 Å². The lowest BCUT2D eigenvalue weighted by Gasteiger charge is -2.03. The van der Waals surface area contributed by atoms with Gasteiger partial charge in [0, 0.05) is 18.3 Å². The molecule has 6 nitrogen and oxygen atoms in total. The number of carbonyl (C=O) groups excluding carboxylic acids is 2. The SMILES string of the molecule is CC(=O)c1ccc(NC(=O)c2cnn(C)n2)cc1. The third-order valence-corrected chi connectivity index (χ3v) is 2.38. The number of aromatic nitrogens is 3. The van der Waals surface area contributed by atoms with Gasteiger partial charge in [-0.25, -0.2) is 0 Å². The van der Waals surface area contributed by atoms with E-state index < -0.39 is 0 Å². The van der Waals surface area contributed by atoms with E-state index in [4.69, 9.17) is 0 Å². The van der Waals surface area contributed by atoms with Crippen LogP contribution in [0, 0.1) is 0 Å². The normalized spacial score (nSPS) is 10.1. The zero-order valence-corrected chi connectivity index (χ0v) is 10.0. The summed E-state index contributed by atoms with van der Waals surface area (Å²) < 4.78 is 0. The molecule has 0 saturated heterocycles. The average molecular weight is 244 g/mol. The number of hydrogen-bond donors (Lipinski definition) is 1. The summed E-state index contributed by atoms with van der Waals surface area (Å²) in [5, 5.41) is 10.4. The first-order chi connectivity index (χ1) is 8.56. The van der Waals surface area contributed by atoms with E-state index in [-0.39, 0.29) is 17.4 Å². The molecule has 6 heteroatoms. The van der Waals surface area contributed by atoms with Gasteiger partial charge in [-0.3, -0.25) is 9.59 Å². The van der Waals surface area contributed by atoms with Crippen LogP contribution in [0.3, 0.4) is 0 Å². The van der Waals surface area contributed by atoms with Crippen LogP contribution >= 0.6 is 0 Å². The molecule has 0 radical (unpaired) electrons. The van der Waals surface area contributed by atoms with E-state index in [1.807, 2.05) is 0 Å². The third kappa shape index (κ3) is 2.60. The maximum absolute atomic E-state index is 11.8. The van der Waals surface area contributed by atoms with Gasteiger partial charge in [-0.2, -0.15) is 9.90 Å². The van der Waals surface area contributed by atoms with Crippen molar-refractivity contribution in [3.63, 3.8) is 0 Å². The summed E-state index contributed by atoms with van der Waals surface area (Å²) in [6, 6.07) is 6.67. The van der Waals surface area contributed by atoms with Gasteiger partial charge in [0.1, 0.15) is 0 Å². The van der Waals surface area contributed by atoms with Gasteiger partial charge in [-0.1, -0.05) is 0 Å². The Morgan fingerprint density at radius 2 is 1.89 bits per heavy atom. The first-order valence-corrected chi connectivity index (χ1v) is 5.35. The number of aryl methyl sites for hydroxylation is 1. The molecule has 0 atom stereocenters. The minimum Gasteiger partial charge on any atom is -0.321 e. The Bertz CT molecular complexity index is 586. The molecule has 0 saturated carbocycles. The van der Waals surface area contributed by atoms with E-state index in [0.717, 1.165) is 0 Å². The van der Waals surface area contributed by atoms with Crippen LogP contribution in [-0.4, -0.2) is 26.7 Å². The number of rotatable bonds is 3. The van der Waals surface area contributed by atoms with Crippen LogP contribution in [0.2, 0.25) is 0 Å². The van der Waals surface area contributed by atoms with Gasteiger partial charge in [0.15, 0.2) is 11.5 Å². The Morgan fingerprint density at radius 3 is 2.39 bits per heavy atom. The second-order valence-corrected chi connectivity index (χ2v) is 3.81. The number of anilines is 1. The van der Waals surface area contributed by atoms with Gasteiger partial charge in [0.2, 0.25) is 0 Å². The van der Waals surface area contributed by atoms with Crippen molar-refractivity contribution in [2.75, 3.05) is 5.32 Å². The van der Waals surface area contributed by atoms with Crippen molar-refractivity contribution in [2.45, 2.75) is 6.92 Å². The summed E-state index contributed by atoms with van der Waals surface area (Å²) in [6.07, 6.45) is 1.39. The smallest absolute Gasteiger partial charge is 0.277 e. The Balaban J connectivity index is 2.10. The molecule has 1 heterocycles. The first kappa shape index (κ1) is 12.0. The molecule has 2 aromatic rings. The van der Waals surface area contributed by atoms with Crippen LogP contribution in [0.5, 0.6) is 0 Å². The monoisotopic (exact) mass is 244 g/mol. The number of ketones is 1. The van der Waals surface area contributed by atoms with Gasteiger partial charge < -0.3 is 5.32 Å². The molecule has 0 aliphatic rings. The lowest BCUT2D eigenvalue weighted by Crippen LogP contribution is -2.13. The highest BCUT2D eigenvalue weighted by molar-refractivity contribution is 6.03. The van der Waals surface area contributed by atoms with Gasteiger partial charge in [-0.05, 0) is 31.2 Å². The highest BCUT2D eigenvalue weighted by atomic mass is 16.2. The van der Waals surface area contributed by atoms with E-state index in [1.165, 1.54) is 17.9 Å². The summed E-state index contributed by atoms with van der Waals surface area (Å²) in [4.78, 5) is 24.2. The average Bonchev–Trinajstić information content (AvgIpc) is 2.76. The lowest BCUT2D eigenvalue weighted by molar-refractivity contribution is 0.101. The molecule has 1 N–H and O–H groups in total. The van der Waals surface area contributed by atoms with Crippen LogP contribution in [0.1, 0.15) is 27.8 Å². The minimum atomic E-state index is -0.335. The van der Waals surface area contributed by atoms with E-state index in [1.54, 1.807) is 31.3 Å². The zero-order chi connectivity index (χ0) is 13.1. The fraction of sp³-hybridized carbons (Fsp3) is 0.167. The van der Waals surface area contributed by atoms with Crippen LogP contribution in [0.25, 0.3) is 0 Å². The lowest BCUT2D eigenvalue weighted by atomic mass is 10.1. The number of benzene rings is 1. The maximum atomic E-state index is 11.8. The molecular formula is C12H12N4O2. The van der Waals surface area contributed by atoms with Crippen molar-refractivity contribution in [2.24, 2.45) is 7.05 Å². The fourth-order valence-electron chi connectivity index (χ4n) is 1.43. The molecule has 0 aliphatic heterocycles. The Hall–Kier alpha value is -2.50. The highest BCUT2D eigenvalue weighted by Gasteiger charge is 2.10. The zero-order valence-electron chi connectivity index (χ0n) is 10.0. The number of nitrogens with zero attached hydrogens (tertiary/aromatic N) is 3. The van der Waals surface area contributed by atoms with E-state index in [2.05, 4.69) is 15.5 Å². The molecule has 2 rings (SSSR count). The van der Waals surface area contributed by atoms with Crippen molar-refractivity contribution in [1.82, 2.24) is 15.0 Å². The summed E-state index contributed by atoms with van der Waals surface area (Å²) in [5.74, 6) is -0.347. The molecule has 0 unspecified atom stereocenters. The topological polar surface area (TPSA) is 76.9 Å². The van der Waals surface area contributed by atoms with Gasteiger partial charge in [0.05, 0.1) is 6.20 Å². The van der Waals surface area contributed by atoms with Crippen molar-refractivity contribution in [1.29, 1.82) is 0 Å². The van der Waals surface area contributed by atoms with Crippen LogP contribution in [0.4, 0.5) is 5.69 Å². The summed E-state index contributed by atoms with van der Waals surface area (Å²) in [6.45, 7) is 1.49. The van der Waals surface area contributed by atoms with Gasteiger partial charge in [-0.15, -0.1) is 5.10 Å². The van der Waals surface area contributed by atoms with Crippen molar-refractivity contribution >= 4 is 17.4 Å². The molecule has 0 bridgehead atoms. The molecule has 1 amide bonds. The first-order valence-electron chi connectivity index (χ1n) is 5.35. The minimum absolute atomic E-state index is 0.0122. The fourth-order valence-corrected chi connectivity index (χ4v) is 1.43. The predicted molar refractivity (Wildman–Crippen MR) is 65.4 cm³/mol. The van der Waals surface area contributed by atoms with Crippen LogP contribution in [-0.2, 0) is 7.05 Å².